The SMILES string of the molecule is Cc1ccc(C2=C(N3CCCCC3)C(=O)N(c3ccc(C)c(Cl)c3)C2=O)c(C)c1. The van der Waals surface area contributed by atoms with Crippen LogP contribution >= 0.6 is 11.6 Å². The van der Waals surface area contributed by atoms with Gasteiger partial charge in [0.1, 0.15) is 5.70 Å². The summed E-state index contributed by atoms with van der Waals surface area (Å²) in [7, 11) is 0. The lowest BCUT2D eigenvalue weighted by Gasteiger charge is -2.29. The lowest BCUT2D eigenvalue weighted by atomic mass is 9.96. The highest BCUT2D eigenvalue weighted by Gasteiger charge is 2.43. The Hall–Kier alpha value is -2.59. The summed E-state index contributed by atoms with van der Waals surface area (Å²) in [4.78, 5) is 30.5. The van der Waals surface area contributed by atoms with Crippen LogP contribution < -0.4 is 4.90 Å². The van der Waals surface area contributed by atoms with Gasteiger partial charge in [0.2, 0.25) is 0 Å². The summed E-state index contributed by atoms with van der Waals surface area (Å²) in [5.41, 5.74) is 5.42. The standard InChI is InChI=1S/C24H25ClN2O2/c1-15-7-10-19(17(3)13-15)21-22(26-11-5-4-6-12-26)24(29)27(23(21)28)18-9-8-16(2)20(25)14-18/h7-10,13-14H,4-6,11-12H2,1-3H3. The number of anilines is 1. The van der Waals surface area contributed by atoms with Gasteiger partial charge in [-0.1, -0.05) is 41.4 Å². The molecule has 29 heavy (non-hydrogen) atoms. The van der Waals surface area contributed by atoms with Gasteiger partial charge in [-0.3, -0.25) is 9.59 Å². The third-order valence-corrected chi connectivity index (χ3v) is 6.20. The van der Waals surface area contributed by atoms with Crippen molar-refractivity contribution in [2.75, 3.05) is 18.0 Å². The first-order valence-corrected chi connectivity index (χ1v) is 10.5. The highest BCUT2D eigenvalue weighted by Crippen LogP contribution is 2.38. The Morgan fingerprint density at radius 1 is 0.828 bits per heavy atom. The molecule has 0 bridgehead atoms. The van der Waals surface area contributed by atoms with Gasteiger partial charge < -0.3 is 4.90 Å². The molecule has 4 nitrogen and oxygen atoms in total. The van der Waals surface area contributed by atoms with Gasteiger partial charge in [-0.2, -0.15) is 0 Å². The van der Waals surface area contributed by atoms with Crippen LogP contribution in [0.3, 0.4) is 0 Å². The maximum absolute atomic E-state index is 13.6. The van der Waals surface area contributed by atoms with E-state index in [0.29, 0.717) is 22.0 Å². The third-order valence-electron chi connectivity index (χ3n) is 5.80. The molecule has 0 spiro atoms. The summed E-state index contributed by atoms with van der Waals surface area (Å²) in [6, 6.07) is 11.3. The number of hydrogen-bond acceptors (Lipinski definition) is 3. The minimum Gasteiger partial charge on any atom is -0.366 e. The first-order valence-electron chi connectivity index (χ1n) is 10.1. The molecule has 0 N–H and O–H groups in total. The lowest BCUT2D eigenvalue weighted by Crippen LogP contribution is -2.37. The zero-order valence-corrected chi connectivity index (χ0v) is 17.8. The largest absolute Gasteiger partial charge is 0.366 e. The molecule has 2 aromatic rings. The summed E-state index contributed by atoms with van der Waals surface area (Å²) < 4.78 is 0. The highest BCUT2D eigenvalue weighted by atomic mass is 35.5. The van der Waals surface area contributed by atoms with E-state index in [2.05, 4.69) is 11.0 Å². The van der Waals surface area contributed by atoms with Crippen LogP contribution in [0.4, 0.5) is 5.69 Å². The average molecular weight is 409 g/mol. The topological polar surface area (TPSA) is 40.6 Å². The minimum absolute atomic E-state index is 0.258. The predicted octanol–water partition coefficient (Wildman–Crippen LogP) is 5.04. The van der Waals surface area contributed by atoms with Crippen LogP contribution in [0.2, 0.25) is 5.02 Å². The number of imide groups is 1. The van der Waals surface area contributed by atoms with Crippen LogP contribution in [0.5, 0.6) is 0 Å². The Kier molecular flexibility index (Phi) is 5.22. The van der Waals surface area contributed by atoms with Crippen molar-refractivity contribution in [3.8, 4) is 0 Å². The fourth-order valence-electron chi connectivity index (χ4n) is 4.22. The maximum Gasteiger partial charge on any atom is 0.282 e. The number of rotatable bonds is 3. The minimum atomic E-state index is -0.276. The molecule has 2 aliphatic rings. The van der Waals surface area contributed by atoms with E-state index in [1.54, 1.807) is 12.1 Å². The van der Waals surface area contributed by atoms with Gasteiger partial charge in [0.15, 0.2) is 0 Å². The summed E-state index contributed by atoms with van der Waals surface area (Å²) in [6.45, 7) is 7.51. The van der Waals surface area contributed by atoms with Gasteiger partial charge >= 0.3 is 0 Å². The van der Waals surface area contributed by atoms with Crippen molar-refractivity contribution < 1.29 is 9.59 Å². The Morgan fingerprint density at radius 2 is 1.55 bits per heavy atom. The maximum atomic E-state index is 13.6. The zero-order valence-electron chi connectivity index (χ0n) is 17.1. The van der Waals surface area contributed by atoms with E-state index < -0.39 is 0 Å². The molecule has 2 amide bonds. The second-order valence-electron chi connectivity index (χ2n) is 7.97. The van der Waals surface area contributed by atoms with Crippen LogP contribution in [0.25, 0.3) is 5.57 Å². The Morgan fingerprint density at radius 3 is 2.21 bits per heavy atom. The molecule has 0 atom stereocenters. The number of halogens is 1. The number of piperidine rings is 1. The number of amides is 2. The first-order chi connectivity index (χ1) is 13.9. The van der Waals surface area contributed by atoms with E-state index in [-0.39, 0.29) is 11.8 Å². The fraction of sp³-hybridized carbons (Fsp3) is 0.333. The van der Waals surface area contributed by atoms with Crippen molar-refractivity contribution in [3.05, 3.63) is 69.4 Å². The molecule has 0 aromatic heterocycles. The van der Waals surface area contributed by atoms with Gasteiger partial charge in [-0.05, 0) is 68.9 Å². The van der Waals surface area contributed by atoms with E-state index in [4.69, 9.17) is 11.6 Å². The number of likely N-dealkylation sites (tertiary alicyclic amines) is 1. The number of carbonyl (C=O) groups is 2. The molecular formula is C24H25ClN2O2. The number of nitrogens with zero attached hydrogens (tertiary/aromatic N) is 2. The van der Waals surface area contributed by atoms with E-state index >= 15 is 0 Å². The van der Waals surface area contributed by atoms with Crippen molar-refractivity contribution in [1.82, 2.24) is 4.90 Å². The second kappa shape index (κ2) is 7.68. The molecule has 1 fully saturated rings. The molecule has 0 saturated carbocycles. The van der Waals surface area contributed by atoms with Crippen molar-refractivity contribution in [2.24, 2.45) is 0 Å². The van der Waals surface area contributed by atoms with Crippen LogP contribution in [-0.4, -0.2) is 29.8 Å². The molecule has 1 saturated heterocycles. The molecule has 0 radical (unpaired) electrons. The van der Waals surface area contributed by atoms with Crippen LogP contribution in [0.15, 0.2) is 42.1 Å². The van der Waals surface area contributed by atoms with Crippen LogP contribution in [-0.2, 0) is 9.59 Å². The highest BCUT2D eigenvalue weighted by molar-refractivity contribution is 6.45. The summed E-state index contributed by atoms with van der Waals surface area (Å²) in [5, 5.41) is 0.544. The van der Waals surface area contributed by atoms with Gasteiger partial charge in [0, 0.05) is 18.1 Å². The predicted molar refractivity (Wildman–Crippen MR) is 117 cm³/mol. The van der Waals surface area contributed by atoms with Gasteiger partial charge in [-0.15, -0.1) is 0 Å². The second-order valence-corrected chi connectivity index (χ2v) is 8.38. The van der Waals surface area contributed by atoms with Gasteiger partial charge in [0.05, 0.1) is 11.3 Å². The van der Waals surface area contributed by atoms with Crippen molar-refractivity contribution in [3.63, 3.8) is 0 Å². The van der Waals surface area contributed by atoms with Gasteiger partial charge in [-0.25, -0.2) is 4.90 Å². The lowest BCUT2D eigenvalue weighted by molar-refractivity contribution is -0.120. The number of aryl methyl sites for hydroxylation is 3. The van der Waals surface area contributed by atoms with E-state index in [0.717, 1.165) is 54.6 Å². The van der Waals surface area contributed by atoms with Crippen molar-refractivity contribution in [2.45, 2.75) is 40.0 Å². The van der Waals surface area contributed by atoms with E-state index in [1.165, 1.54) is 4.90 Å². The van der Waals surface area contributed by atoms with Crippen molar-refractivity contribution >= 4 is 34.7 Å². The summed E-state index contributed by atoms with van der Waals surface area (Å²) >= 11 is 6.30. The zero-order chi connectivity index (χ0) is 20.7. The smallest absolute Gasteiger partial charge is 0.282 e. The number of benzene rings is 2. The average Bonchev–Trinajstić information content (AvgIpc) is 2.95. The third kappa shape index (κ3) is 3.46. The Bertz CT molecular complexity index is 1040. The first kappa shape index (κ1) is 19.7. The fourth-order valence-corrected chi connectivity index (χ4v) is 4.40. The van der Waals surface area contributed by atoms with Crippen LogP contribution in [0.1, 0.15) is 41.5 Å². The van der Waals surface area contributed by atoms with Crippen LogP contribution in [0, 0.1) is 20.8 Å². The number of hydrogen-bond donors (Lipinski definition) is 0. The molecule has 2 aliphatic heterocycles. The number of carbonyl (C=O) groups excluding carboxylic acids is 2. The molecule has 2 heterocycles. The molecule has 2 aromatic carbocycles. The summed E-state index contributed by atoms with van der Waals surface area (Å²) in [5.74, 6) is -0.533. The Labute approximate surface area is 176 Å². The molecule has 150 valence electrons. The van der Waals surface area contributed by atoms with Gasteiger partial charge in [0.25, 0.3) is 11.8 Å². The Balaban J connectivity index is 1.86. The van der Waals surface area contributed by atoms with Crippen molar-refractivity contribution in [1.29, 1.82) is 0 Å². The molecule has 4 rings (SSSR count). The molecule has 5 heteroatoms. The quantitative estimate of drug-likeness (QED) is 0.668. The molecule has 0 aliphatic carbocycles. The normalized spacial score (nSPS) is 17.5. The molecular weight excluding hydrogens is 384 g/mol. The van der Waals surface area contributed by atoms with E-state index in [9.17, 15) is 9.59 Å². The monoisotopic (exact) mass is 408 g/mol. The molecule has 0 unspecified atom stereocenters. The summed E-state index contributed by atoms with van der Waals surface area (Å²) in [6.07, 6.45) is 3.21. The van der Waals surface area contributed by atoms with E-state index in [1.807, 2.05) is 39.0 Å².